The fourth-order valence-electron chi connectivity index (χ4n) is 2.79. The molecular formula is C18H20N3O+. The first-order valence-corrected chi connectivity index (χ1v) is 7.62. The summed E-state index contributed by atoms with van der Waals surface area (Å²) >= 11 is 0. The highest BCUT2D eigenvalue weighted by molar-refractivity contribution is 5.77. The van der Waals surface area contributed by atoms with E-state index in [9.17, 15) is 4.79 Å². The van der Waals surface area contributed by atoms with E-state index in [1.807, 2.05) is 61.6 Å². The van der Waals surface area contributed by atoms with E-state index in [0.717, 1.165) is 23.4 Å². The van der Waals surface area contributed by atoms with Crippen LogP contribution in [0.3, 0.4) is 0 Å². The van der Waals surface area contributed by atoms with Crippen molar-refractivity contribution in [3.8, 4) is 5.69 Å². The number of nitrogens with two attached hydrogens (primary N) is 1. The first kappa shape index (κ1) is 14.5. The van der Waals surface area contributed by atoms with Gasteiger partial charge in [0, 0.05) is 6.42 Å². The van der Waals surface area contributed by atoms with Crippen LogP contribution in [0.5, 0.6) is 0 Å². The van der Waals surface area contributed by atoms with Crippen molar-refractivity contribution < 1.29 is 5.32 Å². The first-order valence-electron chi connectivity index (χ1n) is 7.62. The summed E-state index contributed by atoms with van der Waals surface area (Å²) < 4.78 is 1.75. The van der Waals surface area contributed by atoms with Crippen LogP contribution in [-0.4, -0.2) is 16.6 Å². The van der Waals surface area contributed by atoms with Gasteiger partial charge in [-0.3, -0.25) is 9.36 Å². The fourth-order valence-corrected chi connectivity index (χ4v) is 2.79. The largest absolute Gasteiger partial charge is 0.340 e. The van der Waals surface area contributed by atoms with Crippen LogP contribution >= 0.6 is 0 Å². The molecule has 3 rings (SSSR count). The van der Waals surface area contributed by atoms with E-state index in [1.54, 1.807) is 4.57 Å². The van der Waals surface area contributed by atoms with Crippen LogP contribution < -0.4 is 10.9 Å². The zero-order valence-corrected chi connectivity index (χ0v) is 12.9. The Morgan fingerprint density at radius 2 is 1.77 bits per heavy atom. The van der Waals surface area contributed by atoms with Crippen LogP contribution in [-0.2, 0) is 0 Å². The lowest BCUT2D eigenvalue weighted by Gasteiger charge is -2.17. The molecule has 4 nitrogen and oxygen atoms in total. The molecule has 0 aliphatic heterocycles. The molecule has 1 heterocycles. The van der Waals surface area contributed by atoms with Gasteiger partial charge in [0.05, 0.1) is 23.6 Å². The molecule has 0 unspecified atom stereocenters. The number of benzene rings is 2. The fraction of sp³-hybridized carbons (Fsp3) is 0.222. The van der Waals surface area contributed by atoms with E-state index >= 15 is 0 Å². The van der Waals surface area contributed by atoms with Gasteiger partial charge < -0.3 is 5.32 Å². The highest BCUT2D eigenvalue weighted by atomic mass is 16.1. The molecule has 0 spiro atoms. The molecule has 0 amide bonds. The van der Waals surface area contributed by atoms with Gasteiger partial charge in [-0.15, -0.1) is 0 Å². The number of nitrogens with zero attached hydrogens (tertiary/aromatic N) is 2. The van der Waals surface area contributed by atoms with Gasteiger partial charge in [0.15, 0.2) is 5.82 Å². The minimum Gasteiger partial charge on any atom is -0.340 e. The molecule has 0 fully saturated rings. The summed E-state index contributed by atoms with van der Waals surface area (Å²) in [5.74, 6) is 0.805. The van der Waals surface area contributed by atoms with Crippen LogP contribution in [0.2, 0.25) is 0 Å². The summed E-state index contributed by atoms with van der Waals surface area (Å²) in [6.07, 6.45) is 0.911. The topological polar surface area (TPSA) is 51.5 Å². The monoisotopic (exact) mass is 294 g/mol. The average molecular weight is 294 g/mol. The van der Waals surface area contributed by atoms with Crippen LogP contribution in [0, 0.1) is 0 Å². The smallest absolute Gasteiger partial charge is 0.266 e. The Balaban J connectivity index is 2.38. The quantitative estimate of drug-likeness (QED) is 0.800. The number of hydrogen-bond donors (Lipinski definition) is 1. The molecule has 3 aromatic rings. The summed E-state index contributed by atoms with van der Waals surface area (Å²) in [7, 11) is 2.02. The van der Waals surface area contributed by atoms with Crippen molar-refractivity contribution in [2.75, 3.05) is 7.05 Å². The summed E-state index contributed by atoms with van der Waals surface area (Å²) in [4.78, 5) is 17.8. The molecule has 22 heavy (non-hydrogen) atoms. The van der Waals surface area contributed by atoms with E-state index in [0.29, 0.717) is 5.39 Å². The Morgan fingerprint density at radius 3 is 2.45 bits per heavy atom. The summed E-state index contributed by atoms with van der Waals surface area (Å²) in [5, 5.41) is 2.76. The van der Waals surface area contributed by atoms with Crippen molar-refractivity contribution in [2.45, 2.75) is 19.4 Å². The second kappa shape index (κ2) is 6.12. The Morgan fingerprint density at radius 1 is 1.09 bits per heavy atom. The van der Waals surface area contributed by atoms with Crippen molar-refractivity contribution in [3.63, 3.8) is 0 Å². The molecule has 0 radical (unpaired) electrons. The maximum atomic E-state index is 13.0. The normalized spacial score (nSPS) is 12.5. The molecule has 1 aromatic heterocycles. The van der Waals surface area contributed by atoms with E-state index in [1.165, 1.54) is 0 Å². The lowest BCUT2D eigenvalue weighted by atomic mass is 10.1. The first-order chi connectivity index (χ1) is 10.8. The minimum atomic E-state index is -0.00731. The SMILES string of the molecule is CC[C@H]([NH2+]C)c1nc2ccccc2c(=O)n1-c1ccccc1. The van der Waals surface area contributed by atoms with Crippen molar-refractivity contribution >= 4 is 10.9 Å². The number of aromatic nitrogens is 2. The van der Waals surface area contributed by atoms with Gasteiger partial charge in [-0.2, -0.15) is 0 Å². The minimum absolute atomic E-state index is 0.00731. The maximum absolute atomic E-state index is 13.0. The molecular weight excluding hydrogens is 274 g/mol. The lowest BCUT2D eigenvalue weighted by molar-refractivity contribution is -0.672. The van der Waals surface area contributed by atoms with E-state index < -0.39 is 0 Å². The molecule has 2 aromatic carbocycles. The predicted octanol–water partition coefficient (Wildman–Crippen LogP) is 2.03. The van der Waals surface area contributed by atoms with Gasteiger partial charge in [-0.1, -0.05) is 37.3 Å². The Hall–Kier alpha value is -2.46. The molecule has 1 atom stereocenters. The number of hydrogen-bond acceptors (Lipinski definition) is 2. The standard InChI is InChI=1S/C18H19N3O/c1-3-15(19-2)17-20-16-12-8-7-11-14(16)18(22)21(17)13-9-5-4-6-10-13/h4-12,15,19H,3H2,1-2H3/p+1/t15-/m0/s1. The predicted molar refractivity (Wildman–Crippen MR) is 88.2 cm³/mol. The van der Waals surface area contributed by atoms with Gasteiger partial charge in [0.1, 0.15) is 6.04 Å². The van der Waals surface area contributed by atoms with E-state index in [2.05, 4.69) is 12.2 Å². The van der Waals surface area contributed by atoms with Gasteiger partial charge >= 0.3 is 0 Å². The van der Waals surface area contributed by atoms with Crippen LogP contribution in [0.25, 0.3) is 16.6 Å². The summed E-state index contributed by atoms with van der Waals surface area (Å²) in [6.45, 7) is 2.11. The third-order valence-corrected chi connectivity index (χ3v) is 3.99. The molecule has 0 saturated heterocycles. The van der Waals surface area contributed by atoms with Gasteiger partial charge in [-0.25, -0.2) is 4.98 Å². The molecule has 0 saturated carbocycles. The molecule has 0 aliphatic carbocycles. The van der Waals surface area contributed by atoms with Gasteiger partial charge in [0.25, 0.3) is 5.56 Å². The Bertz CT molecular complexity index is 836. The number of quaternary nitrogens is 1. The van der Waals surface area contributed by atoms with Crippen molar-refractivity contribution in [1.82, 2.24) is 9.55 Å². The summed E-state index contributed by atoms with van der Waals surface area (Å²) in [6, 6.07) is 17.4. The third-order valence-electron chi connectivity index (χ3n) is 3.99. The van der Waals surface area contributed by atoms with Crippen LogP contribution in [0.15, 0.2) is 59.4 Å². The van der Waals surface area contributed by atoms with Crippen molar-refractivity contribution in [2.24, 2.45) is 0 Å². The molecule has 4 heteroatoms. The molecule has 0 aliphatic rings. The van der Waals surface area contributed by atoms with Crippen LogP contribution in [0.4, 0.5) is 0 Å². The molecule has 112 valence electrons. The Kier molecular flexibility index (Phi) is 4.02. The second-order valence-corrected chi connectivity index (χ2v) is 5.31. The van der Waals surface area contributed by atoms with Crippen molar-refractivity contribution in [3.05, 3.63) is 70.8 Å². The maximum Gasteiger partial charge on any atom is 0.266 e. The van der Waals surface area contributed by atoms with Crippen LogP contribution in [0.1, 0.15) is 25.2 Å². The van der Waals surface area contributed by atoms with Gasteiger partial charge in [0.2, 0.25) is 0 Å². The third kappa shape index (κ3) is 2.42. The second-order valence-electron chi connectivity index (χ2n) is 5.31. The molecule has 2 N–H and O–H groups in total. The van der Waals surface area contributed by atoms with Crippen molar-refractivity contribution in [1.29, 1.82) is 0 Å². The molecule has 0 bridgehead atoms. The lowest BCUT2D eigenvalue weighted by Crippen LogP contribution is -2.81. The zero-order valence-electron chi connectivity index (χ0n) is 12.9. The number of para-hydroxylation sites is 2. The van der Waals surface area contributed by atoms with Gasteiger partial charge in [-0.05, 0) is 24.3 Å². The highest BCUT2D eigenvalue weighted by Gasteiger charge is 2.20. The summed E-state index contributed by atoms with van der Waals surface area (Å²) in [5.41, 5.74) is 1.61. The number of fused-ring (bicyclic) bond motifs is 1. The Labute approximate surface area is 129 Å². The zero-order chi connectivity index (χ0) is 15.5. The highest BCUT2D eigenvalue weighted by Crippen LogP contribution is 2.17. The van der Waals surface area contributed by atoms with E-state index in [-0.39, 0.29) is 11.6 Å². The van der Waals surface area contributed by atoms with E-state index in [4.69, 9.17) is 4.98 Å². The average Bonchev–Trinajstić information content (AvgIpc) is 2.57. The number of rotatable bonds is 4.